The molecule has 1 aliphatic heterocycles. The number of hydrogen-bond donors (Lipinski definition) is 2. The van der Waals surface area contributed by atoms with Crippen molar-refractivity contribution >= 4 is 23.7 Å². The van der Waals surface area contributed by atoms with Gasteiger partial charge in [0.1, 0.15) is 11.7 Å². The van der Waals surface area contributed by atoms with Gasteiger partial charge in [0.05, 0.1) is 19.4 Å². The van der Waals surface area contributed by atoms with Crippen LogP contribution in [-0.4, -0.2) is 45.2 Å². The van der Waals surface area contributed by atoms with Crippen LogP contribution in [0.1, 0.15) is 20.1 Å². The van der Waals surface area contributed by atoms with Crippen LogP contribution in [0.5, 0.6) is 0 Å². The lowest BCUT2D eigenvalue weighted by Crippen LogP contribution is -2.31. The van der Waals surface area contributed by atoms with E-state index in [1.54, 1.807) is 0 Å². The Morgan fingerprint density at radius 3 is 3.04 bits per heavy atom. The molecule has 2 heterocycles. The molecule has 1 saturated heterocycles. The van der Waals surface area contributed by atoms with Gasteiger partial charge in [0.15, 0.2) is 11.6 Å². The molecule has 8 nitrogen and oxygen atoms in total. The van der Waals surface area contributed by atoms with Crippen molar-refractivity contribution in [2.45, 2.75) is 25.5 Å². The van der Waals surface area contributed by atoms with Crippen molar-refractivity contribution in [3.05, 3.63) is 22.5 Å². The van der Waals surface area contributed by atoms with Crippen LogP contribution in [0, 0.1) is 11.7 Å². The number of ether oxygens (including phenoxy) is 2. The van der Waals surface area contributed by atoms with Crippen LogP contribution in [0.2, 0.25) is 0 Å². The van der Waals surface area contributed by atoms with Gasteiger partial charge in [-0.25, -0.2) is 14.0 Å². The van der Waals surface area contributed by atoms with Crippen molar-refractivity contribution in [2.75, 3.05) is 24.3 Å². The molecule has 2 atom stereocenters. The minimum absolute atomic E-state index is 0.128. The highest BCUT2D eigenvalue weighted by Gasteiger charge is 2.28. The third-order valence-electron chi connectivity index (χ3n) is 2.87. The molecule has 0 saturated carbocycles. The Kier molecular flexibility index (Phi) is 5.97. The molecule has 10 heteroatoms. The Balaban J connectivity index is 2.08. The lowest BCUT2D eigenvalue weighted by atomic mass is 10.2. The minimum Gasteiger partial charge on any atom is -0.449 e. The number of hydrogen-bond acceptors (Lipinski definition) is 7. The van der Waals surface area contributed by atoms with Gasteiger partial charge >= 0.3 is 11.8 Å². The van der Waals surface area contributed by atoms with Crippen molar-refractivity contribution in [1.82, 2.24) is 9.55 Å². The van der Waals surface area contributed by atoms with Crippen molar-refractivity contribution in [3.63, 3.8) is 0 Å². The van der Waals surface area contributed by atoms with Crippen molar-refractivity contribution in [3.8, 4) is 0 Å². The molecule has 0 unspecified atom stereocenters. The molecule has 2 rings (SSSR count). The topological polar surface area (TPSA) is 103 Å². The molecule has 1 aromatic heterocycles. The molecule has 23 heavy (non-hydrogen) atoms. The Bertz CT molecular complexity index is 624. The van der Waals surface area contributed by atoms with E-state index in [1.807, 2.05) is 13.8 Å². The van der Waals surface area contributed by atoms with E-state index in [-0.39, 0.29) is 19.1 Å². The van der Waals surface area contributed by atoms with Gasteiger partial charge in [-0.2, -0.15) is 4.98 Å². The maximum Gasteiger partial charge on any atom is 0.412 e. The summed E-state index contributed by atoms with van der Waals surface area (Å²) in [7, 11) is 0. The second-order valence-corrected chi connectivity index (χ2v) is 6.47. The lowest BCUT2D eigenvalue weighted by Gasteiger charge is -2.14. The smallest absolute Gasteiger partial charge is 0.412 e. The van der Waals surface area contributed by atoms with Crippen LogP contribution in [0.3, 0.4) is 0 Å². The van der Waals surface area contributed by atoms with Gasteiger partial charge in [-0.3, -0.25) is 9.88 Å². The van der Waals surface area contributed by atoms with Crippen molar-refractivity contribution in [1.29, 1.82) is 0 Å². The Morgan fingerprint density at radius 2 is 2.43 bits per heavy atom. The Hall–Kier alpha value is -1.65. The highest BCUT2D eigenvalue weighted by atomic mass is 32.2. The standard InChI is InChI=1S/C13H18FN3O5S/c1-7(2)5-21-13(20)16-11-8(14)3-17(12(19)15-11)9-6-23-10(4-18)22-9/h3,7,9-10,18H,4-6H2,1-2H3,(H,15,16,19,20)/t9-,10+/m0/s1. The maximum absolute atomic E-state index is 14.0. The zero-order chi connectivity index (χ0) is 17.0. The summed E-state index contributed by atoms with van der Waals surface area (Å²) < 4.78 is 25.2. The largest absolute Gasteiger partial charge is 0.449 e. The first-order valence-electron chi connectivity index (χ1n) is 7.01. The van der Waals surface area contributed by atoms with Crippen LogP contribution in [0.4, 0.5) is 15.0 Å². The molecule has 0 bridgehead atoms. The third-order valence-corrected chi connectivity index (χ3v) is 3.98. The molecule has 1 amide bonds. The maximum atomic E-state index is 14.0. The van der Waals surface area contributed by atoms with Gasteiger partial charge < -0.3 is 14.6 Å². The summed E-state index contributed by atoms with van der Waals surface area (Å²) in [6.07, 6.45) is -0.679. The molecule has 1 aliphatic rings. The van der Waals surface area contributed by atoms with E-state index in [4.69, 9.17) is 14.6 Å². The molecule has 0 radical (unpaired) electrons. The average Bonchev–Trinajstić information content (AvgIpc) is 2.97. The number of carbonyl (C=O) groups excluding carboxylic acids is 1. The van der Waals surface area contributed by atoms with Crippen LogP contribution >= 0.6 is 11.8 Å². The molecule has 0 aromatic carbocycles. The molecule has 1 fully saturated rings. The van der Waals surface area contributed by atoms with Gasteiger partial charge in [0.25, 0.3) is 0 Å². The van der Waals surface area contributed by atoms with E-state index in [2.05, 4.69) is 10.3 Å². The first-order chi connectivity index (χ1) is 10.9. The van der Waals surface area contributed by atoms with E-state index in [1.165, 1.54) is 11.8 Å². The fourth-order valence-electron chi connectivity index (χ4n) is 1.80. The molecular formula is C13H18FN3O5S. The number of amides is 1. The number of thioether (sulfide) groups is 1. The number of halogens is 1. The fraction of sp³-hybridized carbons (Fsp3) is 0.615. The second-order valence-electron chi connectivity index (χ2n) is 5.28. The summed E-state index contributed by atoms with van der Waals surface area (Å²) in [6, 6.07) is 0. The number of aliphatic hydroxyl groups excluding tert-OH is 1. The van der Waals surface area contributed by atoms with Crippen LogP contribution in [0.25, 0.3) is 0 Å². The summed E-state index contributed by atoms with van der Waals surface area (Å²) in [6.45, 7) is 3.67. The fourth-order valence-corrected chi connectivity index (χ4v) is 2.73. The van der Waals surface area contributed by atoms with Crippen molar-refractivity contribution < 1.29 is 23.8 Å². The van der Waals surface area contributed by atoms with E-state index >= 15 is 0 Å². The highest BCUT2D eigenvalue weighted by molar-refractivity contribution is 8.00. The average molecular weight is 347 g/mol. The zero-order valence-corrected chi connectivity index (χ0v) is 13.5. The molecule has 1 aromatic rings. The monoisotopic (exact) mass is 347 g/mol. The number of aromatic nitrogens is 2. The number of nitrogens with one attached hydrogen (secondary N) is 1. The van der Waals surface area contributed by atoms with Gasteiger partial charge in [-0.15, -0.1) is 11.8 Å². The Morgan fingerprint density at radius 1 is 1.70 bits per heavy atom. The lowest BCUT2D eigenvalue weighted by molar-refractivity contribution is -0.00677. The molecule has 128 valence electrons. The summed E-state index contributed by atoms with van der Waals surface area (Å²) in [5.41, 5.74) is -1.23. The van der Waals surface area contributed by atoms with E-state index in [9.17, 15) is 14.0 Å². The normalized spacial score (nSPS) is 20.7. The summed E-state index contributed by atoms with van der Waals surface area (Å²) in [5.74, 6) is -0.866. The number of nitrogens with zero attached hydrogens (tertiary/aromatic N) is 2. The first kappa shape index (κ1) is 17.7. The van der Waals surface area contributed by atoms with Gasteiger partial charge in [-0.05, 0) is 5.92 Å². The quantitative estimate of drug-likeness (QED) is 0.824. The summed E-state index contributed by atoms with van der Waals surface area (Å²) >= 11 is 1.31. The van der Waals surface area contributed by atoms with Gasteiger partial charge in [0, 0.05) is 5.75 Å². The predicted molar refractivity (Wildman–Crippen MR) is 81.7 cm³/mol. The number of aliphatic hydroxyl groups is 1. The van der Waals surface area contributed by atoms with Crippen LogP contribution < -0.4 is 11.0 Å². The van der Waals surface area contributed by atoms with Gasteiger partial charge in [-0.1, -0.05) is 13.8 Å². The minimum atomic E-state index is -0.882. The van der Waals surface area contributed by atoms with E-state index in [0.29, 0.717) is 5.75 Å². The third kappa shape index (κ3) is 4.66. The SMILES string of the molecule is CC(C)COC(=O)Nc1nc(=O)n([C@@H]2CS[C@H](CO)O2)cc1F. The number of carbonyl (C=O) groups is 1. The van der Waals surface area contributed by atoms with E-state index in [0.717, 1.165) is 10.8 Å². The molecule has 0 aliphatic carbocycles. The molecule has 2 N–H and O–H groups in total. The number of rotatable bonds is 5. The van der Waals surface area contributed by atoms with Crippen LogP contribution in [-0.2, 0) is 9.47 Å². The number of anilines is 1. The van der Waals surface area contributed by atoms with Crippen LogP contribution in [0.15, 0.2) is 11.0 Å². The summed E-state index contributed by atoms with van der Waals surface area (Å²) in [5, 5.41) is 11.1. The molecular weight excluding hydrogens is 329 g/mol. The molecule has 0 spiro atoms. The second kappa shape index (κ2) is 7.75. The first-order valence-corrected chi connectivity index (χ1v) is 8.06. The predicted octanol–water partition coefficient (Wildman–Crippen LogP) is 1.17. The highest BCUT2D eigenvalue weighted by Crippen LogP contribution is 2.30. The summed E-state index contributed by atoms with van der Waals surface area (Å²) in [4.78, 5) is 27.0. The zero-order valence-electron chi connectivity index (χ0n) is 12.7. The van der Waals surface area contributed by atoms with Crippen molar-refractivity contribution in [2.24, 2.45) is 5.92 Å². The Labute approximate surface area is 136 Å². The van der Waals surface area contributed by atoms with Gasteiger partial charge in [0.2, 0.25) is 0 Å². The van der Waals surface area contributed by atoms with E-state index < -0.39 is 35.1 Å².